The van der Waals surface area contributed by atoms with Crippen molar-refractivity contribution in [1.82, 2.24) is 24.1 Å². The Kier molecular flexibility index (Phi) is 5.80. The summed E-state index contributed by atoms with van der Waals surface area (Å²) in [5, 5.41) is 8.37. The third kappa shape index (κ3) is 3.92. The predicted molar refractivity (Wildman–Crippen MR) is 216 cm³/mol. The fraction of sp³-hybridized carbons (Fsp3) is 0. The zero-order valence-electron chi connectivity index (χ0n) is 27.5. The van der Waals surface area contributed by atoms with E-state index in [4.69, 9.17) is 15.0 Å². The number of aromatic nitrogens is 5. The highest BCUT2D eigenvalue weighted by molar-refractivity contribution is 7.99. The van der Waals surface area contributed by atoms with Crippen LogP contribution in [0.25, 0.3) is 98.2 Å². The van der Waals surface area contributed by atoms with Gasteiger partial charge in [-0.05, 0) is 47.2 Å². The van der Waals surface area contributed by atoms with Gasteiger partial charge in [-0.3, -0.25) is 9.13 Å². The van der Waals surface area contributed by atoms with Crippen LogP contribution in [0.4, 0.5) is 0 Å². The van der Waals surface area contributed by atoms with E-state index in [0.717, 1.165) is 38.8 Å². The molecule has 4 aromatic heterocycles. The summed E-state index contributed by atoms with van der Waals surface area (Å²) in [7, 11) is 0. The van der Waals surface area contributed by atoms with Gasteiger partial charge in [-0.2, -0.15) is 9.97 Å². The van der Waals surface area contributed by atoms with Gasteiger partial charge in [0.15, 0.2) is 11.6 Å². The van der Waals surface area contributed by atoms with Crippen molar-refractivity contribution >= 4 is 86.9 Å². The van der Waals surface area contributed by atoms with Gasteiger partial charge in [0.2, 0.25) is 5.95 Å². The van der Waals surface area contributed by atoms with Gasteiger partial charge < -0.3 is 0 Å². The topological polar surface area (TPSA) is 48.5 Å². The van der Waals surface area contributed by atoms with Gasteiger partial charge in [0.25, 0.3) is 0 Å². The summed E-state index contributed by atoms with van der Waals surface area (Å²) in [5.74, 6) is 1.88. The first-order valence-electron chi connectivity index (χ1n) is 17.3. The third-order valence-electron chi connectivity index (χ3n) is 10.4. The van der Waals surface area contributed by atoms with E-state index >= 15 is 0 Å². The van der Waals surface area contributed by atoms with Crippen molar-refractivity contribution < 1.29 is 0 Å². The monoisotopic (exact) mass is 699 g/mol. The molecule has 0 spiro atoms. The van der Waals surface area contributed by atoms with E-state index in [2.05, 4.69) is 161 Å². The van der Waals surface area contributed by atoms with Crippen LogP contribution < -0.4 is 0 Å². The molecule has 0 bridgehead atoms. The van der Waals surface area contributed by atoms with Gasteiger partial charge in [-0.15, -0.1) is 11.3 Å². The highest BCUT2D eigenvalue weighted by atomic mass is 32.2. The Morgan fingerprint density at radius 2 is 1.19 bits per heavy atom. The quantitative estimate of drug-likeness (QED) is 0.184. The number of benzene rings is 7. The van der Waals surface area contributed by atoms with Crippen molar-refractivity contribution in [3.8, 4) is 34.4 Å². The maximum atomic E-state index is 5.39. The first-order valence-corrected chi connectivity index (χ1v) is 18.9. The molecule has 1 aliphatic rings. The molecule has 5 nitrogen and oxygen atoms in total. The molecule has 0 N–H and O–H groups in total. The number of thiophene rings is 1. The van der Waals surface area contributed by atoms with Crippen molar-refractivity contribution in [3.05, 3.63) is 152 Å². The largest absolute Gasteiger partial charge is 0.293 e. The molecule has 0 saturated carbocycles. The van der Waals surface area contributed by atoms with E-state index in [1.165, 1.54) is 51.6 Å². The Balaban J connectivity index is 1.21. The lowest BCUT2D eigenvalue weighted by atomic mass is 10.0. The zero-order chi connectivity index (χ0) is 33.9. The fourth-order valence-corrected chi connectivity index (χ4v) is 10.4. The van der Waals surface area contributed by atoms with E-state index in [9.17, 15) is 0 Å². The molecule has 0 fully saturated rings. The van der Waals surface area contributed by atoms with E-state index in [0.29, 0.717) is 17.6 Å². The van der Waals surface area contributed by atoms with Crippen LogP contribution in [0.5, 0.6) is 0 Å². The fourth-order valence-electron chi connectivity index (χ4n) is 8.13. The lowest BCUT2D eigenvalue weighted by molar-refractivity contribution is 0.927. The minimum atomic E-state index is 0.590. The van der Waals surface area contributed by atoms with Crippen LogP contribution in [0.3, 0.4) is 0 Å². The van der Waals surface area contributed by atoms with Gasteiger partial charge in [-0.1, -0.05) is 127 Å². The summed E-state index contributed by atoms with van der Waals surface area (Å²) < 4.78 is 7.18. The minimum Gasteiger partial charge on any atom is -0.293 e. The first-order chi connectivity index (χ1) is 25.8. The highest BCUT2D eigenvalue weighted by Gasteiger charge is 2.29. The van der Waals surface area contributed by atoms with Crippen LogP contribution in [0.1, 0.15) is 0 Å². The van der Waals surface area contributed by atoms with E-state index < -0.39 is 0 Å². The molecule has 0 unspecified atom stereocenters. The summed E-state index contributed by atoms with van der Waals surface area (Å²) in [5.41, 5.74) is 6.42. The second kappa shape index (κ2) is 10.6. The molecule has 0 saturated heterocycles. The number of hydrogen-bond acceptors (Lipinski definition) is 5. The van der Waals surface area contributed by atoms with Gasteiger partial charge in [-0.25, -0.2) is 4.98 Å². The van der Waals surface area contributed by atoms with Gasteiger partial charge in [0.1, 0.15) is 5.65 Å². The molecule has 0 radical (unpaired) electrons. The summed E-state index contributed by atoms with van der Waals surface area (Å²) in [4.78, 5) is 18.5. The molecule has 0 aliphatic carbocycles. The van der Waals surface area contributed by atoms with Crippen molar-refractivity contribution in [2.45, 2.75) is 9.79 Å². The molecule has 12 rings (SSSR count). The highest BCUT2D eigenvalue weighted by Crippen LogP contribution is 2.49. The molecule has 1 aliphatic heterocycles. The Hall–Kier alpha value is -6.28. The van der Waals surface area contributed by atoms with Crippen LogP contribution in [0.15, 0.2) is 161 Å². The molecule has 7 aromatic carbocycles. The Labute approximate surface area is 305 Å². The Morgan fingerprint density at radius 3 is 2.15 bits per heavy atom. The van der Waals surface area contributed by atoms with Crippen LogP contribution in [0.2, 0.25) is 0 Å². The molecule has 52 heavy (non-hydrogen) atoms. The molecule has 242 valence electrons. The Bertz CT molecular complexity index is 3290. The summed E-state index contributed by atoms with van der Waals surface area (Å²) in [6.45, 7) is 0. The average molecular weight is 700 g/mol. The molecular weight excluding hydrogens is 675 g/mol. The minimum absolute atomic E-state index is 0.590. The Morgan fingerprint density at radius 1 is 0.481 bits per heavy atom. The van der Waals surface area contributed by atoms with E-state index in [1.54, 1.807) is 11.3 Å². The van der Waals surface area contributed by atoms with Crippen LogP contribution in [0, 0.1) is 0 Å². The smallest absolute Gasteiger partial charge is 0.239 e. The summed E-state index contributed by atoms with van der Waals surface area (Å²) >= 11 is 3.64. The summed E-state index contributed by atoms with van der Waals surface area (Å²) in [6.07, 6.45) is 0. The van der Waals surface area contributed by atoms with Crippen molar-refractivity contribution in [3.63, 3.8) is 0 Å². The van der Waals surface area contributed by atoms with Crippen molar-refractivity contribution in [2.75, 3.05) is 0 Å². The molecule has 5 heterocycles. The number of nitrogens with zero attached hydrogens (tertiary/aromatic N) is 5. The maximum Gasteiger partial charge on any atom is 0.239 e. The van der Waals surface area contributed by atoms with Crippen molar-refractivity contribution in [1.29, 1.82) is 0 Å². The zero-order valence-corrected chi connectivity index (χ0v) is 29.1. The van der Waals surface area contributed by atoms with E-state index in [1.807, 2.05) is 11.8 Å². The molecule has 0 amide bonds. The van der Waals surface area contributed by atoms with Crippen molar-refractivity contribution in [2.24, 2.45) is 0 Å². The van der Waals surface area contributed by atoms with Gasteiger partial charge in [0, 0.05) is 57.2 Å². The van der Waals surface area contributed by atoms with E-state index in [-0.39, 0.29) is 0 Å². The number of rotatable bonds is 3. The van der Waals surface area contributed by atoms with Gasteiger partial charge >= 0.3 is 0 Å². The molecule has 0 atom stereocenters. The van der Waals surface area contributed by atoms with Gasteiger partial charge in [0.05, 0.1) is 16.7 Å². The molecule has 11 aromatic rings. The second-order valence-electron chi connectivity index (χ2n) is 13.2. The van der Waals surface area contributed by atoms with Crippen LogP contribution in [-0.2, 0) is 0 Å². The maximum absolute atomic E-state index is 5.39. The lowest BCUT2D eigenvalue weighted by Crippen LogP contribution is -2.10. The predicted octanol–water partition coefficient (Wildman–Crippen LogP) is 12.2. The number of fused-ring (bicyclic) bond motifs is 11. The standard InChI is InChI=1S/C45H25N5S2/c1-2-13-28-26(11-1)12-9-16-31(28)43-46-42(27-23-24-30-29-14-4-7-20-36(29)51-39(30)25-27)47-45(48-43)50-34-18-5-3-15-32(34)40-33-17-10-22-38-41(33)49(44(40)50)35-19-6-8-21-37(35)52-38/h1-25H. The lowest BCUT2D eigenvalue weighted by Gasteiger charge is -2.20. The normalized spacial score (nSPS) is 12.5. The third-order valence-corrected chi connectivity index (χ3v) is 12.6. The SMILES string of the molecule is c1ccc2c(c1)Sc1cccc3c4c5ccccc5n(-c5nc(-c6ccc7c(c6)sc6ccccc67)nc(-c6cccc7ccccc67)n5)c4n-2c13. The second-order valence-corrected chi connectivity index (χ2v) is 15.4. The number of para-hydroxylation sites is 3. The van der Waals surface area contributed by atoms with Crippen LogP contribution in [-0.4, -0.2) is 24.1 Å². The average Bonchev–Trinajstić information content (AvgIpc) is 3.86. The summed E-state index contributed by atoms with van der Waals surface area (Å²) in [6, 6.07) is 54.0. The first kappa shape index (κ1) is 28.4. The molecular formula is C45H25N5S2. The number of hydrogen-bond donors (Lipinski definition) is 0. The van der Waals surface area contributed by atoms with Crippen LogP contribution >= 0.6 is 23.1 Å². The molecule has 7 heteroatoms.